The minimum Gasteiger partial charge on any atom is -0.398 e. The van der Waals surface area contributed by atoms with Crippen LogP contribution in [-0.4, -0.2) is 17.8 Å². The first-order valence-corrected chi connectivity index (χ1v) is 4.32. The third kappa shape index (κ3) is 2.46. The Morgan fingerprint density at radius 1 is 1.50 bits per heavy atom. The quantitative estimate of drug-likeness (QED) is 0.586. The molecule has 14 heavy (non-hydrogen) atoms. The molecule has 0 saturated carbocycles. The van der Waals surface area contributed by atoms with Crippen molar-refractivity contribution in [1.82, 2.24) is 0 Å². The first-order valence-electron chi connectivity index (χ1n) is 4.32. The van der Waals surface area contributed by atoms with Crippen LogP contribution in [0.1, 0.15) is 11.1 Å². The maximum Gasteiger partial charge on any atom is 0.0992 e. The zero-order valence-electron chi connectivity index (χ0n) is 7.77. The van der Waals surface area contributed by atoms with E-state index in [0.29, 0.717) is 17.7 Å². The van der Waals surface area contributed by atoms with Crippen LogP contribution in [0.3, 0.4) is 0 Å². The molecule has 0 bridgehead atoms. The molecule has 1 atom stereocenters. The van der Waals surface area contributed by atoms with Crippen molar-refractivity contribution in [3.63, 3.8) is 0 Å². The van der Waals surface area contributed by atoms with Gasteiger partial charge in [-0.25, -0.2) is 0 Å². The van der Waals surface area contributed by atoms with Crippen molar-refractivity contribution >= 4 is 5.69 Å². The molecule has 0 aromatic heterocycles. The highest BCUT2D eigenvalue weighted by atomic mass is 16.3. The van der Waals surface area contributed by atoms with Gasteiger partial charge in [-0.2, -0.15) is 5.26 Å². The fraction of sp³-hybridized carbons (Fsp3) is 0.300. The lowest BCUT2D eigenvalue weighted by molar-refractivity contribution is 0.265. The molecule has 0 heterocycles. The Morgan fingerprint density at radius 2 is 2.21 bits per heavy atom. The Labute approximate surface area is 82.8 Å². The lowest BCUT2D eigenvalue weighted by Gasteiger charge is -2.10. The second-order valence-corrected chi connectivity index (χ2v) is 3.17. The van der Waals surface area contributed by atoms with Gasteiger partial charge in [0.05, 0.1) is 18.2 Å². The summed E-state index contributed by atoms with van der Waals surface area (Å²) in [5.74, 6) is 0. The highest BCUT2D eigenvalue weighted by molar-refractivity contribution is 5.52. The van der Waals surface area contributed by atoms with Crippen LogP contribution in [0, 0.1) is 11.3 Å². The smallest absolute Gasteiger partial charge is 0.0992 e. The molecule has 0 spiro atoms. The van der Waals surface area contributed by atoms with Gasteiger partial charge in [0.2, 0.25) is 0 Å². The molecule has 0 unspecified atom stereocenters. The number of rotatable bonds is 3. The van der Waals surface area contributed by atoms with Gasteiger partial charge in [-0.15, -0.1) is 0 Å². The number of anilines is 1. The van der Waals surface area contributed by atoms with Gasteiger partial charge < -0.3 is 16.6 Å². The van der Waals surface area contributed by atoms with Gasteiger partial charge in [0.1, 0.15) is 0 Å². The fourth-order valence-electron chi connectivity index (χ4n) is 1.20. The molecular formula is C10H13N3O. The Kier molecular flexibility index (Phi) is 3.46. The molecule has 74 valence electrons. The number of nitriles is 1. The lowest BCUT2D eigenvalue weighted by atomic mass is 10.0. The molecule has 0 amide bonds. The molecule has 1 aromatic carbocycles. The zero-order chi connectivity index (χ0) is 10.6. The fourth-order valence-corrected chi connectivity index (χ4v) is 1.20. The van der Waals surface area contributed by atoms with Crippen LogP contribution in [-0.2, 0) is 6.42 Å². The monoisotopic (exact) mass is 191 g/mol. The standard InChI is InChI=1S/C10H13N3O/c11-5-7-1-2-8(10(13)3-7)4-9(12)6-14/h1-3,9,14H,4,6,12-13H2/t9-/m1/s1. The third-order valence-electron chi connectivity index (χ3n) is 1.99. The first-order chi connectivity index (χ1) is 6.67. The second kappa shape index (κ2) is 4.61. The molecule has 1 rings (SSSR count). The van der Waals surface area contributed by atoms with Crippen LogP contribution < -0.4 is 11.5 Å². The second-order valence-electron chi connectivity index (χ2n) is 3.17. The summed E-state index contributed by atoms with van der Waals surface area (Å²) in [7, 11) is 0. The van der Waals surface area contributed by atoms with Crippen LogP contribution in [0.25, 0.3) is 0 Å². The zero-order valence-corrected chi connectivity index (χ0v) is 7.77. The Morgan fingerprint density at radius 3 is 2.71 bits per heavy atom. The van der Waals surface area contributed by atoms with E-state index in [9.17, 15) is 0 Å². The van der Waals surface area contributed by atoms with Crippen LogP contribution in [0.5, 0.6) is 0 Å². The third-order valence-corrected chi connectivity index (χ3v) is 1.99. The summed E-state index contributed by atoms with van der Waals surface area (Å²) >= 11 is 0. The van der Waals surface area contributed by atoms with Gasteiger partial charge in [0, 0.05) is 11.7 Å². The lowest BCUT2D eigenvalue weighted by Crippen LogP contribution is -2.27. The minimum absolute atomic E-state index is 0.0700. The van der Waals surface area contributed by atoms with E-state index in [1.807, 2.05) is 6.07 Å². The SMILES string of the molecule is N#Cc1ccc(C[C@@H](N)CO)c(N)c1. The molecular weight excluding hydrogens is 178 g/mol. The predicted octanol–water partition coefficient (Wildman–Crippen LogP) is 0.00258. The van der Waals surface area contributed by atoms with Gasteiger partial charge in [0.25, 0.3) is 0 Å². The summed E-state index contributed by atoms with van der Waals surface area (Å²) < 4.78 is 0. The minimum atomic E-state index is -0.301. The number of hydrogen-bond donors (Lipinski definition) is 3. The number of nitrogen functional groups attached to an aromatic ring is 1. The van der Waals surface area contributed by atoms with Crippen LogP contribution >= 0.6 is 0 Å². The van der Waals surface area contributed by atoms with E-state index in [2.05, 4.69) is 0 Å². The molecule has 0 saturated heterocycles. The maximum absolute atomic E-state index is 8.77. The van der Waals surface area contributed by atoms with E-state index in [4.69, 9.17) is 21.8 Å². The molecule has 4 nitrogen and oxygen atoms in total. The summed E-state index contributed by atoms with van der Waals surface area (Å²) in [6.45, 7) is -0.0700. The molecule has 4 heteroatoms. The highest BCUT2D eigenvalue weighted by Gasteiger charge is 2.05. The summed E-state index contributed by atoms with van der Waals surface area (Å²) in [6, 6.07) is 6.77. The Balaban J connectivity index is 2.85. The highest BCUT2D eigenvalue weighted by Crippen LogP contribution is 2.15. The number of benzene rings is 1. The normalized spacial score (nSPS) is 12.1. The summed E-state index contributed by atoms with van der Waals surface area (Å²) in [6.07, 6.45) is 0.522. The molecule has 0 fully saturated rings. The average Bonchev–Trinajstić information content (AvgIpc) is 2.20. The van der Waals surface area contributed by atoms with Gasteiger partial charge in [-0.1, -0.05) is 6.07 Å². The van der Waals surface area contributed by atoms with Gasteiger partial charge in [-0.3, -0.25) is 0 Å². The van der Waals surface area contributed by atoms with Crippen LogP contribution in [0.15, 0.2) is 18.2 Å². The summed E-state index contributed by atoms with van der Waals surface area (Å²) in [4.78, 5) is 0. The number of nitrogens with zero attached hydrogens (tertiary/aromatic N) is 1. The Hall–Kier alpha value is -1.57. The van der Waals surface area contributed by atoms with Crippen molar-refractivity contribution in [3.8, 4) is 6.07 Å². The van der Waals surface area contributed by atoms with Crippen molar-refractivity contribution in [2.45, 2.75) is 12.5 Å². The number of nitrogens with two attached hydrogens (primary N) is 2. The number of aliphatic hydroxyl groups is 1. The van der Waals surface area contributed by atoms with Crippen molar-refractivity contribution in [2.75, 3.05) is 12.3 Å². The van der Waals surface area contributed by atoms with E-state index in [-0.39, 0.29) is 12.6 Å². The molecule has 0 aliphatic carbocycles. The number of hydrogen-bond acceptors (Lipinski definition) is 4. The van der Waals surface area contributed by atoms with Crippen LogP contribution in [0.2, 0.25) is 0 Å². The van der Waals surface area contributed by atoms with Gasteiger partial charge in [-0.05, 0) is 24.1 Å². The Bertz CT molecular complexity index is 357. The average molecular weight is 191 g/mol. The van der Waals surface area contributed by atoms with E-state index in [0.717, 1.165) is 5.56 Å². The largest absolute Gasteiger partial charge is 0.398 e. The summed E-state index contributed by atoms with van der Waals surface area (Å²) in [5.41, 5.74) is 13.2. The van der Waals surface area contributed by atoms with Crippen molar-refractivity contribution < 1.29 is 5.11 Å². The van der Waals surface area contributed by atoms with Crippen molar-refractivity contribution in [3.05, 3.63) is 29.3 Å². The summed E-state index contributed by atoms with van der Waals surface area (Å²) in [5, 5.41) is 17.4. The van der Waals surface area contributed by atoms with E-state index in [1.165, 1.54) is 0 Å². The van der Waals surface area contributed by atoms with Gasteiger partial charge in [0.15, 0.2) is 0 Å². The van der Waals surface area contributed by atoms with Crippen molar-refractivity contribution in [2.24, 2.45) is 5.73 Å². The predicted molar refractivity (Wildman–Crippen MR) is 54.3 cm³/mol. The van der Waals surface area contributed by atoms with E-state index in [1.54, 1.807) is 18.2 Å². The van der Waals surface area contributed by atoms with E-state index >= 15 is 0 Å². The van der Waals surface area contributed by atoms with Crippen molar-refractivity contribution in [1.29, 1.82) is 5.26 Å². The molecule has 0 aliphatic heterocycles. The maximum atomic E-state index is 8.77. The number of aliphatic hydroxyl groups excluding tert-OH is 1. The molecule has 5 N–H and O–H groups in total. The molecule has 0 radical (unpaired) electrons. The first kappa shape index (κ1) is 10.5. The van der Waals surface area contributed by atoms with Gasteiger partial charge >= 0.3 is 0 Å². The molecule has 1 aromatic rings. The van der Waals surface area contributed by atoms with E-state index < -0.39 is 0 Å². The topological polar surface area (TPSA) is 96.1 Å². The molecule has 0 aliphatic rings. The van der Waals surface area contributed by atoms with Crippen LogP contribution in [0.4, 0.5) is 5.69 Å².